The summed E-state index contributed by atoms with van der Waals surface area (Å²) in [4.78, 5) is 28.8. The fourth-order valence-electron chi connectivity index (χ4n) is 3.81. The Morgan fingerprint density at radius 2 is 1.59 bits per heavy atom. The van der Waals surface area contributed by atoms with Gasteiger partial charge in [-0.1, -0.05) is 96.7 Å². The third-order valence-corrected chi connectivity index (χ3v) is 7.82. The van der Waals surface area contributed by atoms with Gasteiger partial charge in [0.15, 0.2) is 0 Å². The van der Waals surface area contributed by atoms with E-state index in [9.17, 15) is 9.59 Å². The van der Waals surface area contributed by atoms with Gasteiger partial charge in [0.25, 0.3) is 0 Å². The summed E-state index contributed by atoms with van der Waals surface area (Å²) in [5.74, 6) is 0.623. The first kappa shape index (κ1) is 29.4. The number of hydrogen-bond acceptors (Lipinski definition) is 3. The smallest absolute Gasteiger partial charge is 0.243 e. The summed E-state index contributed by atoms with van der Waals surface area (Å²) >= 11 is 19.9. The molecular formula is C29H31Cl3N2O2S. The number of unbranched alkanes of at least 4 members (excludes halogenated alkanes) is 1. The molecule has 0 aliphatic carbocycles. The van der Waals surface area contributed by atoms with E-state index < -0.39 is 6.04 Å². The zero-order valence-corrected chi connectivity index (χ0v) is 23.8. The summed E-state index contributed by atoms with van der Waals surface area (Å²) in [5.41, 5.74) is 2.88. The van der Waals surface area contributed by atoms with E-state index in [4.69, 9.17) is 34.8 Å². The molecule has 0 heterocycles. The second kappa shape index (κ2) is 15.3. The van der Waals surface area contributed by atoms with Crippen molar-refractivity contribution in [2.24, 2.45) is 0 Å². The summed E-state index contributed by atoms with van der Waals surface area (Å²) in [6.07, 6.45) is 2.26. The molecule has 0 aliphatic rings. The molecule has 0 unspecified atom stereocenters. The maximum atomic E-state index is 13.7. The molecule has 0 bridgehead atoms. The highest BCUT2D eigenvalue weighted by atomic mass is 35.5. The van der Waals surface area contributed by atoms with Gasteiger partial charge in [-0.2, -0.15) is 0 Å². The lowest BCUT2D eigenvalue weighted by molar-refractivity contribution is -0.139. The predicted octanol–water partition coefficient (Wildman–Crippen LogP) is 7.44. The fourth-order valence-corrected chi connectivity index (χ4v) is 5.13. The Kier molecular flexibility index (Phi) is 12.1. The van der Waals surface area contributed by atoms with Crippen LogP contribution in [0.25, 0.3) is 0 Å². The predicted molar refractivity (Wildman–Crippen MR) is 156 cm³/mol. The quantitative estimate of drug-likeness (QED) is 0.215. The molecule has 0 fully saturated rings. The molecular weight excluding hydrogens is 547 g/mol. The summed E-state index contributed by atoms with van der Waals surface area (Å²) in [6.45, 7) is 2.89. The molecule has 3 rings (SSSR count). The molecule has 196 valence electrons. The van der Waals surface area contributed by atoms with Crippen molar-refractivity contribution in [1.82, 2.24) is 10.2 Å². The van der Waals surface area contributed by atoms with E-state index in [0.29, 0.717) is 33.8 Å². The van der Waals surface area contributed by atoms with E-state index in [2.05, 4.69) is 12.2 Å². The standard InChI is InChI=1S/C29H31Cl3N2O2S/c1-2-3-15-33-29(36)27(17-21-7-5-4-6-8-21)34(18-23-11-14-25(31)26(32)16-23)28(35)20-37-19-22-9-12-24(30)13-10-22/h4-14,16,27H,2-3,15,17-20H2,1H3,(H,33,36)/t27-/m0/s1. The van der Waals surface area contributed by atoms with Crippen molar-refractivity contribution in [3.05, 3.63) is 105 Å². The number of halogens is 3. The molecule has 37 heavy (non-hydrogen) atoms. The van der Waals surface area contributed by atoms with Gasteiger partial charge in [-0.3, -0.25) is 9.59 Å². The second-order valence-corrected chi connectivity index (χ2v) is 11.0. The minimum Gasteiger partial charge on any atom is -0.354 e. The molecule has 4 nitrogen and oxygen atoms in total. The van der Waals surface area contributed by atoms with Gasteiger partial charge in [-0.05, 0) is 47.4 Å². The molecule has 0 aliphatic heterocycles. The average molecular weight is 578 g/mol. The first-order valence-corrected chi connectivity index (χ1v) is 14.5. The average Bonchev–Trinajstić information content (AvgIpc) is 2.90. The van der Waals surface area contributed by atoms with E-state index in [-0.39, 0.29) is 24.1 Å². The van der Waals surface area contributed by atoms with E-state index in [1.807, 2.05) is 60.7 Å². The van der Waals surface area contributed by atoms with E-state index in [1.165, 1.54) is 11.8 Å². The number of carbonyl (C=O) groups excluding carboxylic acids is 2. The van der Waals surface area contributed by atoms with Crippen LogP contribution >= 0.6 is 46.6 Å². The van der Waals surface area contributed by atoms with Crippen molar-refractivity contribution < 1.29 is 9.59 Å². The number of hydrogen-bond donors (Lipinski definition) is 1. The van der Waals surface area contributed by atoms with Crippen LogP contribution in [0.3, 0.4) is 0 Å². The van der Waals surface area contributed by atoms with Crippen LogP contribution in [-0.2, 0) is 28.3 Å². The van der Waals surface area contributed by atoms with Gasteiger partial charge >= 0.3 is 0 Å². The van der Waals surface area contributed by atoms with E-state index in [0.717, 1.165) is 29.5 Å². The van der Waals surface area contributed by atoms with Crippen molar-refractivity contribution in [2.75, 3.05) is 12.3 Å². The number of nitrogens with one attached hydrogen (secondary N) is 1. The normalized spacial score (nSPS) is 11.7. The van der Waals surface area contributed by atoms with E-state index in [1.54, 1.807) is 17.0 Å². The van der Waals surface area contributed by atoms with Crippen LogP contribution in [0.2, 0.25) is 15.1 Å². The van der Waals surface area contributed by atoms with Crippen LogP contribution in [0, 0.1) is 0 Å². The maximum absolute atomic E-state index is 13.7. The van der Waals surface area contributed by atoms with Gasteiger partial charge in [-0.25, -0.2) is 0 Å². The van der Waals surface area contributed by atoms with Crippen molar-refractivity contribution in [2.45, 2.75) is 44.5 Å². The van der Waals surface area contributed by atoms with Crippen LogP contribution in [0.5, 0.6) is 0 Å². The van der Waals surface area contributed by atoms with Gasteiger partial charge < -0.3 is 10.2 Å². The first-order valence-electron chi connectivity index (χ1n) is 12.2. The van der Waals surface area contributed by atoms with Crippen LogP contribution in [-0.4, -0.2) is 35.1 Å². The molecule has 3 aromatic carbocycles. The summed E-state index contributed by atoms with van der Waals surface area (Å²) in [7, 11) is 0. The van der Waals surface area contributed by atoms with Gasteiger partial charge in [0.05, 0.1) is 15.8 Å². The highest BCUT2D eigenvalue weighted by molar-refractivity contribution is 7.99. The zero-order valence-electron chi connectivity index (χ0n) is 20.8. The largest absolute Gasteiger partial charge is 0.354 e. The van der Waals surface area contributed by atoms with Crippen LogP contribution < -0.4 is 5.32 Å². The SMILES string of the molecule is CCCCNC(=O)[C@H](Cc1ccccc1)N(Cc1ccc(Cl)c(Cl)c1)C(=O)CSCc1ccc(Cl)cc1. The highest BCUT2D eigenvalue weighted by Gasteiger charge is 2.30. The fraction of sp³-hybridized carbons (Fsp3) is 0.310. The molecule has 0 saturated carbocycles. The first-order chi connectivity index (χ1) is 17.9. The van der Waals surface area contributed by atoms with Crippen LogP contribution in [0.4, 0.5) is 0 Å². The number of nitrogens with zero attached hydrogens (tertiary/aromatic N) is 1. The summed E-state index contributed by atoms with van der Waals surface area (Å²) in [6, 6.07) is 22.0. The highest BCUT2D eigenvalue weighted by Crippen LogP contribution is 2.25. The monoisotopic (exact) mass is 576 g/mol. The van der Waals surface area contributed by atoms with Crippen molar-refractivity contribution in [1.29, 1.82) is 0 Å². The summed E-state index contributed by atoms with van der Waals surface area (Å²) < 4.78 is 0. The zero-order chi connectivity index (χ0) is 26.6. The number of amides is 2. The Bertz CT molecular complexity index is 1160. The van der Waals surface area contributed by atoms with Crippen molar-refractivity contribution in [3.63, 3.8) is 0 Å². The molecule has 8 heteroatoms. The van der Waals surface area contributed by atoms with Gasteiger partial charge in [0.2, 0.25) is 11.8 Å². The minimum absolute atomic E-state index is 0.114. The van der Waals surface area contributed by atoms with Crippen LogP contribution in [0.15, 0.2) is 72.8 Å². The molecule has 0 aromatic heterocycles. The second-order valence-electron chi connectivity index (χ2n) is 8.74. The van der Waals surface area contributed by atoms with Crippen LogP contribution in [0.1, 0.15) is 36.5 Å². The number of carbonyl (C=O) groups is 2. The number of rotatable bonds is 13. The molecule has 0 radical (unpaired) electrons. The lowest BCUT2D eigenvalue weighted by Crippen LogP contribution is -2.51. The van der Waals surface area contributed by atoms with E-state index >= 15 is 0 Å². The Labute approximate surface area is 238 Å². The number of thioether (sulfide) groups is 1. The molecule has 2 amide bonds. The molecule has 0 spiro atoms. The minimum atomic E-state index is -0.669. The molecule has 3 aromatic rings. The Balaban J connectivity index is 1.84. The van der Waals surface area contributed by atoms with Gasteiger partial charge in [-0.15, -0.1) is 11.8 Å². The van der Waals surface area contributed by atoms with Gasteiger partial charge in [0.1, 0.15) is 6.04 Å². The van der Waals surface area contributed by atoms with Crippen molar-refractivity contribution in [3.8, 4) is 0 Å². The Morgan fingerprint density at radius 1 is 0.892 bits per heavy atom. The third kappa shape index (κ3) is 9.57. The lowest BCUT2D eigenvalue weighted by atomic mass is 10.0. The lowest BCUT2D eigenvalue weighted by Gasteiger charge is -2.31. The number of benzene rings is 3. The molecule has 1 N–H and O–H groups in total. The van der Waals surface area contributed by atoms with Gasteiger partial charge in [0, 0.05) is 30.3 Å². The molecule has 0 saturated heterocycles. The van der Waals surface area contributed by atoms with Crippen molar-refractivity contribution >= 4 is 58.4 Å². The topological polar surface area (TPSA) is 49.4 Å². The summed E-state index contributed by atoms with van der Waals surface area (Å²) in [5, 5.41) is 4.57. The Morgan fingerprint density at radius 3 is 2.27 bits per heavy atom. The Hall–Kier alpha value is -2.18. The third-order valence-electron chi connectivity index (χ3n) is 5.85. The maximum Gasteiger partial charge on any atom is 0.243 e. The molecule has 1 atom stereocenters.